The van der Waals surface area contributed by atoms with Crippen molar-refractivity contribution in [3.8, 4) is 11.5 Å². The van der Waals surface area contributed by atoms with Gasteiger partial charge in [-0.3, -0.25) is 4.79 Å². The van der Waals surface area contributed by atoms with Crippen LogP contribution in [0.1, 0.15) is 76.8 Å². The first kappa shape index (κ1) is 28.0. The minimum Gasteiger partial charge on any atom is -0.494 e. The van der Waals surface area contributed by atoms with E-state index in [9.17, 15) is 4.79 Å². The molecule has 2 aromatic rings. The van der Waals surface area contributed by atoms with Crippen LogP contribution in [0, 0.1) is 0 Å². The zero-order valence-corrected chi connectivity index (χ0v) is 21.7. The highest BCUT2D eigenvalue weighted by molar-refractivity contribution is 6.32. The Hall–Kier alpha value is -2.27. The lowest BCUT2D eigenvalue weighted by molar-refractivity contribution is -0.679. The quantitative estimate of drug-likeness (QED) is 0.200. The van der Waals surface area contributed by atoms with Gasteiger partial charge in [0.25, 0.3) is 5.91 Å². The lowest BCUT2D eigenvalue weighted by Crippen LogP contribution is -2.36. The molecular weight excluding hydrogens is 448 g/mol. The number of benzene rings is 1. The highest BCUT2D eigenvalue weighted by Crippen LogP contribution is 2.29. The number of ether oxygens (including phenoxy) is 2. The number of amides is 1. The molecule has 0 aliphatic heterocycles. The Bertz CT molecular complexity index is 844. The predicted molar refractivity (Wildman–Crippen MR) is 139 cm³/mol. The van der Waals surface area contributed by atoms with Gasteiger partial charge in [0.05, 0.1) is 11.6 Å². The van der Waals surface area contributed by atoms with Gasteiger partial charge in [-0.25, -0.2) is 4.57 Å². The fourth-order valence-corrected chi connectivity index (χ4v) is 4.04. The van der Waals surface area contributed by atoms with Gasteiger partial charge < -0.3 is 14.8 Å². The number of nitrogens with one attached hydrogen (secondary N) is 1. The minimum absolute atomic E-state index is 0.0700. The van der Waals surface area contributed by atoms with Crippen molar-refractivity contribution in [2.24, 2.45) is 7.05 Å². The Kier molecular flexibility index (Phi) is 14.2. The molecule has 1 aromatic heterocycles. The molecule has 1 aromatic carbocycles. The first-order valence-corrected chi connectivity index (χ1v) is 13.2. The third-order valence-electron chi connectivity index (χ3n) is 5.89. The summed E-state index contributed by atoms with van der Waals surface area (Å²) < 4.78 is 13.5. The van der Waals surface area contributed by atoms with Crippen LogP contribution in [0.2, 0.25) is 5.02 Å². The van der Waals surface area contributed by atoms with E-state index in [1.165, 1.54) is 57.8 Å². The van der Waals surface area contributed by atoms with E-state index in [0.717, 1.165) is 24.3 Å². The average Bonchev–Trinajstić information content (AvgIpc) is 2.83. The molecule has 0 spiro atoms. The number of aromatic nitrogens is 1. The molecule has 0 aliphatic carbocycles. The van der Waals surface area contributed by atoms with Crippen LogP contribution >= 0.6 is 11.6 Å². The van der Waals surface area contributed by atoms with Crippen LogP contribution in [-0.2, 0) is 18.3 Å². The molecule has 0 bridgehead atoms. The van der Waals surface area contributed by atoms with Crippen LogP contribution in [0.15, 0.2) is 42.6 Å². The van der Waals surface area contributed by atoms with Crippen LogP contribution in [0.3, 0.4) is 0 Å². The second-order valence-corrected chi connectivity index (χ2v) is 9.22. The molecule has 0 unspecified atom stereocenters. The van der Waals surface area contributed by atoms with E-state index in [0.29, 0.717) is 23.9 Å². The molecule has 34 heavy (non-hydrogen) atoms. The van der Waals surface area contributed by atoms with Crippen LogP contribution in [0.25, 0.3) is 0 Å². The van der Waals surface area contributed by atoms with Crippen LogP contribution in [0.5, 0.6) is 11.5 Å². The number of hydrogen-bond donors (Lipinski definition) is 1. The number of halogens is 1. The molecular formula is C28H42ClN2O3+. The summed E-state index contributed by atoms with van der Waals surface area (Å²) in [4.78, 5) is 12.1. The normalized spacial score (nSPS) is 10.8. The first-order valence-electron chi connectivity index (χ1n) is 12.9. The molecule has 0 fully saturated rings. The molecule has 0 radical (unpaired) electrons. The largest absolute Gasteiger partial charge is 0.494 e. The standard InChI is InChI=1S/C28H41ClN2O3/c1-3-4-5-6-7-8-9-10-11-14-21-33-25-16-17-27(26(29)22-25)34-23-28(32)30-19-18-24-15-12-13-20-31(24)2/h12-13,15-17,20,22H,3-11,14,18-19,21,23H2,1-2H3/p+1. The maximum atomic E-state index is 12.1. The van der Waals surface area contributed by atoms with Gasteiger partial charge in [-0.2, -0.15) is 0 Å². The average molecular weight is 490 g/mol. The lowest BCUT2D eigenvalue weighted by atomic mass is 10.1. The maximum Gasteiger partial charge on any atom is 0.257 e. The summed E-state index contributed by atoms with van der Waals surface area (Å²) in [5.74, 6) is 1.04. The summed E-state index contributed by atoms with van der Waals surface area (Å²) in [6.45, 7) is 3.43. The van der Waals surface area contributed by atoms with E-state index in [-0.39, 0.29) is 12.5 Å². The molecule has 0 saturated carbocycles. The third-order valence-corrected chi connectivity index (χ3v) is 6.19. The topological polar surface area (TPSA) is 51.4 Å². The Morgan fingerprint density at radius 3 is 2.32 bits per heavy atom. The number of hydrogen-bond acceptors (Lipinski definition) is 3. The van der Waals surface area contributed by atoms with Crippen molar-refractivity contribution in [1.29, 1.82) is 0 Å². The van der Waals surface area contributed by atoms with Gasteiger partial charge in [0.15, 0.2) is 18.5 Å². The van der Waals surface area contributed by atoms with E-state index in [2.05, 4.69) is 12.2 Å². The monoisotopic (exact) mass is 489 g/mol. The molecule has 1 amide bonds. The highest BCUT2D eigenvalue weighted by atomic mass is 35.5. The van der Waals surface area contributed by atoms with Gasteiger partial charge in [0.1, 0.15) is 18.5 Å². The Balaban J connectivity index is 1.55. The number of rotatable bonds is 18. The summed E-state index contributed by atoms with van der Waals surface area (Å²) in [6.07, 6.45) is 15.8. The van der Waals surface area contributed by atoms with Crippen molar-refractivity contribution in [1.82, 2.24) is 5.32 Å². The summed E-state index contributed by atoms with van der Waals surface area (Å²) >= 11 is 6.32. The molecule has 2 rings (SSSR count). The summed E-state index contributed by atoms with van der Waals surface area (Å²) in [5.41, 5.74) is 1.15. The molecule has 6 heteroatoms. The van der Waals surface area contributed by atoms with Crippen LogP contribution < -0.4 is 19.4 Å². The highest BCUT2D eigenvalue weighted by Gasteiger charge is 2.09. The van der Waals surface area contributed by atoms with Gasteiger partial charge in [-0.1, -0.05) is 82.4 Å². The second-order valence-electron chi connectivity index (χ2n) is 8.81. The molecule has 5 nitrogen and oxygen atoms in total. The van der Waals surface area contributed by atoms with E-state index in [1.807, 2.05) is 42.1 Å². The summed E-state index contributed by atoms with van der Waals surface area (Å²) in [7, 11) is 1.99. The Morgan fingerprint density at radius 2 is 1.65 bits per heavy atom. The zero-order valence-electron chi connectivity index (χ0n) is 21.0. The van der Waals surface area contributed by atoms with Crippen molar-refractivity contribution < 1.29 is 18.8 Å². The first-order chi connectivity index (χ1) is 16.6. The van der Waals surface area contributed by atoms with Gasteiger partial charge in [-0.15, -0.1) is 0 Å². The number of pyridine rings is 1. The van der Waals surface area contributed by atoms with Gasteiger partial charge >= 0.3 is 0 Å². The number of aryl methyl sites for hydroxylation is 1. The lowest BCUT2D eigenvalue weighted by Gasteiger charge is -2.11. The van der Waals surface area contributed by atoms with E-state index < -0.39 is 0 Å². The van der Waals surface area contributed by atoms with E-state index in [1.54, 1.807) is 12.1 Å². The minimum atomic E-state index is -0.170. The molecule has 0 atom stereocenters. The van der Waals surface area contributed by atoms with Crippen molar-refractivity contribution >= 4 is 17.5 Å². The molecule has 188 valence electrons. The second kappa shape index (κ2) is 17.2. The number of unbranched alkanes of at least 4 members (excludes halogenated alkanes) is 9. The predicted octanol–water partition coefficient (Wildman–Crippen LogP) is 6.20. The SMILES string of the molecule is CCCCCCCCCCCCOc1ccc(OCC(=O)NCCc2cccc[n+]2C)c(Cl)c1. The summed E-state index contributed by atoms with van der Waals surface area (Å²) in [5, 5.41) is 3.33. The number of carbonyl (C=O) groups is 1. The maximum absolute atomic E-state index is 12.1. The van der Waals surface area contributed by atoms with Gasteiger partial charge in [0.2, 0.25) is 0 Å². The third kappa shape index (κ3) is 11.7. The van der Waals surface area contributed by atoms with Crippen molar-refractivity contribution in [3.05, 3.63) is 53.3 Å². The zero-order chi connectivity index (χ0) is 24.4. The molecule has 1 N–H and O–H groups in total. The van der Waals surface area contributed by atoms with Gasteiger partial charge in [0, 0.05) is 31.2 Å². The number of carbonyl (C=O) groups excluding carboxylic acids is 1. The van der Waals surface area contributed by atoms with Crippen LogP contribution in [-0.4, -0.2) is 25.7 Å². The Labute approximate surface area is 210 Å². The van der Waals surface area contributed by atoms with E-state index in [4.69, 9.17) is 21.1 Å². The molecule has 0 aliphatic rings. The fraction of sp³-hybridized carbons (Fsp3) is 0.571. The summed E-state index contributed by atoms with van der Waals surface area (Å²) in [6, 6.07) is 11.4. The fourth-order valence-electron chi connectivity index (χ4n) is 3.81. The Morgan fingerprint density at radius 1 is 0.941 bits per heavy atom. The van der Waals surface area contributed by atoms with Crippen molar-refractivity contribution in [3.63, 3.8) is 0 Å². The molecule has 0 saturated heterocycles. The molecule has 1 heterocycles. The number of nitrogens with zero attached hydrogens (tertiary/aromatic N) is 1. The smallest absolute Gasteiger partial charge is 0.257 e. The van der Waals surface area contributed by atoms with Crippen LogP contribution in [0.4, 0.5) is 0 Å². The van der Waals surface area contributed by atoms with E-state index >= 15 is 0 Å². The van der Waals surface area contributed by atoms with Crippen molar-refractivity contribution in [2.75, 3.05) is 19.8 Å². The van der Waals surface area contributed by atoms with Gasteiger partial charge in [-0.05, 0) is 18.6 Å². The van der Waals surface area contributed by atoms with Crippen molar-refractivity contribution in [2.45, 2.75) is 77.6 Å².